The van der Waals surface area contributed by atoms with Gasteiger partial charge in [-0.2, -0.15) is 0 Å². The molecule has 0 rings (SSSR count). The number of unbranched alkanes of at least 4 members (excludes halogenated alkanes) is 26. The zero-order valence-electron chi connectivity index (χ0n) is 28.9. The van der Waals surface area contributed by atoms with Gasteiger partial charge in [-0.05, 0) is 59.2 Å². The molecule has 0 spiro atoms. The van der Waals surface area contributed by atoms with Gasteiger partial charge in [-0.3, -0.25) is 4.79 Å². The molecule has 0 aromatic heterocycles. The molecule has 0 unspecified atom stereocenters. The highest BCUT2D eigenvalue weighted by Crippen LogP contribution is 2.14. The third kappa shape index (κ3) is 46.3. The lowest BCUT2D eigenvalue weighted by Gasteiger charge is -2.08. The first-order valence-corrected chi connectivity index (χ1v) is 18.6. The van der Waals surface area contributed by atoms with Crippen LogP contribution in [0.1, 0.15) is 206 Å². The summed E-state index contributed by atoms with van der Waals surface area (Å²) in [7, 11) is 4.34. The molecular formula is C38H77NO2. The van der Waals surface area contributed by atoms with Gasteiger partial charge in [0.15, 0.2) is 0 Å². The molecule has 0 heterocycles. The molecule has 0 aliphatic rings. The third-order valence-corrected chi connectivity index (χ3v) is 8.11. The van der Waals surface area contributed by atoms with E-state index in [4.69, 9.17) is 5.11 Å². The Morgan fingerprint density at radius 2 is 0.756 bits per heavy atom. The van der Waals surface area contributed by atoms with Crippen LogP contribution in [0.25, 0.3) is 0 Å². The van der Waals surface area contributed by atoms with Gasteiger partial charge in [0.05, 0.1) is 0 Å². The summed E-state index contributed by atoms with van der Waals surface area (Å²) in [5.41, 5.74) is 0. The predicted octanol–water partition coefficient (Wildman–Crippen LogP) is 12.9. The Kier molecular flexibility index (Phi) is 40.4. The van der Waals surface area contributed by atoms with E-state index in [0.717, 1.165) is 12.8 Å². The lowest BCUT2D eigenvalue weighted by atomic mass is 10.0. The van der Waals surface area contributed by atoms with Crippen molar-refractivity contribution in [3.05, 3.63) is 12.2 Å². The Hall–Kier alpha value is -0.830. The fourth-order valence-electron chi connectivity index (χ4n) is 5.32. The fourth-order valence-corrected chi connectivity index (χ4v) is 5.32. The van der Waals surface area contributed by atoms with Crippen LogP contribution in [0.5, 0.6) is 0 Å². The summed E-state index contributed by atoms with van der Waals surface area (Å²) < 4.78 is 0. The molecule has 0 fully saturated rings. The minimum absolute atomic E-state index is 0.332. The minimum atomic E-state index is -0.664. The SMILES string of the molecule is CCCCCCCCC=CCCCCCCCC(=O)O.CCCCCCCCCCCCCCCCCCN(C)C. The number of allylic oxidation sites excluding steroid dienone is 2. The van der Waals surface area contributed by atoms with E-state index in [9.17, 15) is 4.79 Å². The molecule has 0 bridgehead atoms. The maximum absolute atomic E-state index is 10.3. The van der Waals surface area contributed by atoms with Gasteiger partial charge in [-0.25, -0.2) is 0 Å². The number of carbonyl (C=O) groups is 1. The Morgan fingerprint density at radius 3 is 1.07 bits per heavy atom. The summed E-state index contributed by atoms with van der Waals surface area (Å²) in [6.45, 7) is 5.82. The fraction of sp³-hybridized carbons (Fsp3) is 0.921. The van der Waals surface area contributed by atoms with Crippen molar-refractivity contribution < 1.29 is 9.90 Å². The van der Waals surface area contributed by atoms with Crippen LogP contribution in [0.4, 0.5) is 0 Å². The smallest absolute Gasteiger partial charge is 0.303 e. The van der Waals surface area contributed by atoms with Gasteiger partial charge >= 0.3 is 5.97 Å². The number of carboxylic acids is 1. The van der Waals surface area contributed by atoms with Crippen LogP contribution >= 0.6 is 0 Å². The van der Waals surface area contributed by atoms with Crippen molar-refractivity contribution in [3.63, 3.8) is 0 Å². The van der Waals surface area contributed by atoms with Crippen LogP contribution in [0.15, 0.2) is 12.2 Å². The van der Waals surface area contributed by atoms with Gasteiger partial charge in [0.1, 0.15) is 0 Å². The lowest BCUT2D eigenvalue weighted by Crippen LogP contribution is -2.12. The monoisotopic (exact) mass is 580 g/mol. The highest BCUT2D eigenvalue weighted by molar-refractivity contribution is 5.66. The topological polar surface area (TPSA) is 40.5 Å². The van der Waals surface area contributed by atoms with Crippen LogP contribution in [0.3, 0.4) is 0 Å². The maximum Gasteiger partial charge on any atom is 0.303 e. The van der Waals surface area contributed by atoms with E-state index < -0.39 is 5.97 Å². The average molecular weight is 580 g/mol. The summed E-state index contributed by atoms with van der Waals surface area (Å²) in [6.07, 6.45) is 44.5. The first-order valence-electron chi connectivity index (χ1n) is 18.6. The summed E-state index contributed by atoms with van der Waals surface area (Å²) in [5, 5.41) is 8.51. The van der Waals surface area contributed by atoms with E-state index in [0.29, 0.717) is 6.42 Å². The van der Waals surface area contributed by atoms with Crippen molar-refractivity contribution in [3.8, 4) is 0 Å². The van der Waals surface area contributed by atoms with Crippen LogP contribution in [0.2, 0.25) is 0 Å². The molecule has 0 aromatic rings. The Labute approximate surface area is 259 Å². The number of rotatable bonds is 32. The highest BCUT2D eigenvalue weighted by atomic mass is 16.4. The quantitative estimate of drug-likeness (QED) is 0.0636. The van der Waals surface area contributed by atoms with E-state index in [1.807, 2.05) is 0 Å². The maximum atomic E-state index is 10.3. The first kappa shape index (κ1) is 42.3. The summed E-state index contributed by atoms with van der Waals surface area (Å²) >= 11 is 0. The first-order chi connectivity index (χ1) is 20.0. The standard InChI is InChI=1S/C20H43N.C18H34O2/c1-4-5-6-7-8-9-10-11-12-13-14-15-16-17-18-19-20-21(2)3;1-2-3-4-5-6-7-8-9-10-11-12-13-14-15-16-17-18(19)20/h4-20H2,1-3H3;9-10H,2-8,11-17H2,1H3,(H,19,20). The second kappa shape index (κ2) is 39.2. The van der Waals surface area contributed by atoms with Crippen LogP contribution in [-0.2, 0) is 4.79 Å². The summed E-state index contributed by atoms with van der Waals surface area (Å²) in [4.78, 5) is 12.6. The van der Waals surface area contributed by atoms with Gasteiger partial charge in [0.2, 0.25) is 0 Å². The molecule has 3 heteroatoms. The van der Waals surface area contributed by atoms with Crippen molar-refractivity contribution >= 4 is 5.97 Å². The van der Waals surface area contributed by atoms with E-state index in [1.54, 1.807) is 0 Å². The predicted molar refractivity (Wildman–Crippen MR) is 185 cm³/mol. The van der Waals surface area contributed by atoms with Crippen molar-refractivity contribution in [2.45, 2.75) is 206 Å². The van der Waals surface area contributed by atoms with Gasteiger partial charge in [-0.1, -0.05) is 174 Å². The van der Waals surface area contributed by atoms with Crippen molar-refractivity contribution in [1.29, 1.82) is 0 Å². The molecule has 0 amide bonds. The Bertz CT molecular complexity index is 503. The number of hydrogen-bond acceptors (Lipinski definition) is 2. The molecule has 0 saturated carbocycles. The molecule has 0 aromatic carbocycles. The van der Waals surface area contributed by atoms with Crippen molar-refractivity contribution in [1.82, 2.24) is 4.90 Å². The molecule has 41 heavy (non-hydrogen) atoms. The highest BCUT2D eigenvalue weighted by Gasteiger charge is 1.97. The summed E-state index contributed by atoms with van der Waals surface area (Å²) in [6, 6.07) is 0. The minimum Gasteiger partial charge on any atom is -0.481 e. The molecule has 1 N–H and O–H groups in total. The molecular weight excluding hydrogens is 502 g/mol. The van der Waals surface area contributed by atoms with Gasteiger partial charge in [-0.15, -0.1) is 0 Å². The zero-order chi connectivity index (χ0) is 30.5. The zero-order valence-corrected chi connectivity index (χ0v) is 28.9. The molecule has 0 saturated heterocycles. The Morgan fingerprint density at radius 1 is 0.463 bits per heavy atom. The molecule has 0 aliphatic carbocycles. The van der Waals surface area contributed by atoms with Crippen molar-refractivity contribution in [2.24, 2.45) is 0 Å². The van der Waals surface area contributed by atoms with Gasteiger partial charge < -0.3 is 10.0 Å². The second-order valence-electron chi connectivity index (χ2n) is 12.8. The van der Waals surface area contributed by atoms with E-state index in [1.165, 1.54) is 180 Å². The van der Waals surface area contributed by atoms with Gasteiger partial charge in [0, 0.05) is 6.42 Å². The number of aliphatic carboxylic acids is 1. The van der Waals surface area contributed by atoms with Crippen molar-refractivity contribution in [2.75, 3.05) is 20.6 Å². The molecule has 0 radical (unpaired) electrons. The number of carboxylic acid groups (broad SMARTS) is 1. The number of hydrogen-bond donors (Lipinski definition) is 1. The largest absolute Gasteiger partial charge is 0.481 e. The Balaban J connectivity index is 0. The number of nitrogens with zero attached hydrogens (tertiary/aromatic N) is 1. The van der Waals surface area contributed by atoms with Crippen LogP contribution in [-0.4, -0.2) is 36.6 Å². The lowest BCUT2D eigenvalue weighted by molar-refractivity contribution is -0.137. The van der Waals surface area contributed by atoms with E-state index in [2.05, 4.69) is 45.0 Å². The molecule has 0 atom stereocenters. The van der Waals surface area contributed by atoms with Crippen LogP contribution < -0.4 is 0 Å². The normalized spacial score (nSPS) is 11.3. The van der Waals surface area contributed by atoms with E-state index in [-0.39, 0.29) is 0 Å². The third-order valence-electron chi connectivity index (χ3n) is 8.11. The molecule has 246 valence electrons. The average Bonchev–Trinajstić information content (AvgIpc) is 2.95. The molecule has 0 aliphatic heterocycles. The summed E-state index contributed by atoms with van der Waals surface area (Å²) in [5.74, 6) is -0.664. The van der Waals surface area contributed by atoms with E-state index >= 15 is 0 Å². The second-order valence-corrected chi connectivity index (χ2v) is 12.8. The van der Waals surface area contributed by atoms with Crippen LogP contribution in [0, 0.1) is 0 Å². The van der Waals surface area contributed by atoms with Gasteiger partial charge in [0.25, 0.3) is 0 Å². The molecule has 3 nitrogen and oxygen atoms in total.